The van der Waals surface area contributed by atoms with Crippen molar-refractivity contribution in [3.8, 4) is 0 Å². The zero-order chi connectivity index (χ0) is 13.5. The van der Waals surface area contributed by atoms with Crippen molar-refractivity contribution in [3.05, 3.63) is 48.0 Å². The summed E-state index contributed by atoms with van der Waals surface area (Å²) in [7, 11) is 0. The number of nitrogens with one attached hydrogen (secondary N) is 2. The molecule has 2 rings (SSSR count). The Balaban J connectivity index is 1.89. The fourth-order valence-corrected chi connectivity index (χ4v) is 1.74. The van der Waals surface area contributed by atoms with Crippen molar-refractivity contribution in [3.63, 3.8) is 0 Å². The van der Waals surface area contributed by atoms with Crippen molar-refractivity contribution in [2.24, 2.45) is 0 Å². The van der Waals surface area contributed by atoms with E-state index in [4.69, 9.17) is 0 Å². The lowest BCUT2D eigenvalue weighted by Gasteiger charge is -2.08. The van der Waals surface area contributed by atoms with E-state index in [0.29, 0.717) is 24.3 Å². The second-order valence-corrected chi connectivity index (χ2v) is 4.09. The maximum Gasteiger partial charge on any atom is 0.146 e. The van der Waals surface area contributed by atoms with Crippen molar-refractivity contribution in [1.29, 1.82) is 0 Å². The Morgan fingerprint density at radius 1 is 1.11 bits per heavy atom. The highest BCUT2D eigenvalue weighted by atomic mass is 19.1. The van der Waals surface area contributed by atoms with Gasteiger partial charge < -0.3 is 10.6 Å². The van der Waals surface area contributed by atoms with Gasteiger partial charge in [-0.25, -0.2) is 9.37 Å². The van der Waals surface area contributed by atoms with Crippen molar-refractivity contribution < 1.29 is 4.39 Å². The molecule has 0 bridgehead atoms. The number of halogens is 1. The number of nitrogens with zero attached hydrogens (tertiary/aromatic N) is 2. The molecule has 0 fully saturated rings. The van der Waals surface area contributed by atoms with Crippen molar-refractivity contribution in [2.45, 2.75) is 13.3 Å². The molecule has 100 valence electrons. The van der Waals surface area contributed by atoms with E-state index in [9.17, 15) is 4.39 Å². The molecule has 0 unspecified atom stereocenters. The minimum atomic E-state index is -0.170. The molecule has 4 nitrogen and oxygen atoms in total. The molecular weight excluding hydrogens is 243 g/mol. The predicted octanol–water partition coefficient (Wildman–Crippen LogP) is 2.70. The quantitative estimate of drug-likeness (QED) is 0.838. The Hall–Kier alpha value is -2.17. The smallest absolute Gasteiger partial charge is 0.146 e. The van der Waals surface area contributed by atoms with Crippen LogP contribution in [0.5, 0.6) is 0 Å². The molecule has 0 saturated heterocycles. The van der Waals surface area contributed by atoms with Crippen LogP contribution in [0.4, 0.5) is 16.0 Å². The van der Waals surface area contributed by atoms with Crippen molar-refractivity contribution in [2.75, 3.05) is 23.7 Å². The monoisotopic (exact) mass is 260 g/mol. The molecule has 0 spiro atoms. The number of anilines is 2. The van der Waals surface area contributed by atoms with Crippen LogP contribution in [0, 0.1) is 5.82 Å². The zero-order valence-corrected chi connectivity index (χ0v) is 10.9. The van der Waals surface area contributed by atoms with Crippen molar-refractivity contribution in [1.82, 2.24) is 9.97 Å². The fraction of sp³-hybridized carbons (Fsp3) is 0.286. The highest BCUT2D eigenvalue weighted by molar-refractivity contribution is 5.41. The van der Waals surface area contributed by atoms with Crippen LogP contribution in [-0.2, 0) is 6.42 Å². The SMILES string of the molecule is CCNc1cncc(NCCc2ccccc2F)n1. The first-order valence-electron chi connectivity index (χ1n) is 6.33. The number of hydrogen-bond donors (Lipinski definition) is 2. The number of benzene rings is 1. The van der Waals surface area contributed by atoms with Crippen LogP contribution >= 0.6 is 0 Å². The number of rotatable bonds is 6. The highest BCUT2D eigenvalue weighted by Gasteiger charge is 2.01. The first kappa shape index (κ1) is 13.3. The van der Waals surface area contributed by atoms with Gasteiger partial charge in [-0.05, 0) is 25.0 Å². The zero-order valence-electron chi connectivity index (χ0n) is 10.9. The fourth-order valence-electron chi connectivity index (χ4n) is 1.74. The molecule has 0 atom stereocenters. The first-order chi connectivity index (χ1) is 9.29. The largest absolute Gasteiger partial charge is 0.369 e. The Morgan fingerprint density at radius 3 is 2.58 bits per heavy atom. The van der Waals surface area contributed by atoms with E-state index in [1.807, 2.05) is 13.0 Å². The predicted molar refractivity (Wildman–Crippen MR) is 74.8 cm³/mol. The molecular formula is C14H17FN4. The Labute approximate surface area is 112 Å². The molecule has 2 aromatic rings. The van der Waals surface area contributed by atoms with Crippen LogP contribution in [0.15, 0.2) is 36.7 Å². The van der Waals surface area contributed by atoms with Crippen LogP contribution in [-0.4, -0.2) is 23.1 Å². The number of hydrogen-bond acceptors (Lipinski definition) is 4. The second-order valence-electron chi connectivity index (χ2n) is 4.09. The van der Waals surface area contributed by atoms with Crippen LogP contribution < -0.4 is 10.6 Å². The normalized spacial score (nSPS) is 10.2. The third kappa shape index (κ3) is 3.91. The summed E-state index contributed by atoms with van der Waals surface area (Å²) in [4.78, 5) is 8.42. The van der Waals surface area contributed by atoms with E-state index in [-0.39, 0.29) is 5.82 Å². The Kier molecular flexibility index (Phi) is 4.66. The van der Waals surface area contributed by atoms with E-state index in [1.165, 1.54) is 6.07 Å². The Morgan fingerprint density at radius 2 is 1.84 bits per heavy atom. The van der Waals surface area contributed by atoms with Gasteiger partial charge in [0.1, 0.15) is 17.5 Å². The lowest BCUT2D eigenvalue weighted by Crippen LogP contribution is -2.09. The summed E-state index contributed by atoms with van der Waals surface area (Å²) in [6.07, 6.45) is 3.94. The van der Waals surface area contributed by atoms with Gasteiger partial charge in [0.25, 0.3) is 0 Å². The summed E-state index contributed by atoms with van der Waals surface area (Å²) in [5.41, 5.74) is 0.700. The van der Waals surface area contributed by atoms with Gasteiger partial charge >= 0.3 is 0 Å². The molecule has 19 heavy (non-hydrogen) atoms. The second kappa shape index (κ2) is 6.68. The summed E-state index contributed by atoms with van der Waals surface area (Å²) >= 11 is 0. The van der Waals surface area contributed by atoms with Crippen LogP contribution in [0.25, 0.3) is 0 Å². The van der Waals surface area contributed by atoms with Crippen LogP contribution in [0.2, 0.25) is 0 Å². The van der Waals surface area contributed by atoms with Gasteiger partial charge in [0, 0.05) is 13.1 Å². The molecule has 0 aliphatic carbocycles. The van der Waals surface area contributed by atoms with E-state index >= 15 is 0 Å². The van der Waals surface area contributed by atoms with Gasteiger partial charge in [-0.3, -0.25) is 4.98 Å². The molecule has 2 N–H and O–H groups in total. The van der Waals surface area contributed by atoms with Crippen LogP contribution in [0.3, 0.4) is 0 Å². The maximum absolute atomic E-state index is 13.4. The average Bonchev–Trinajstić information content (AvgIpc) is 2.42. The summed E-state index contributed by atoms with van der Waals surface area (Å²) in [6, 6.07) is 6.79. The summed E-state index contributed by atoms with van der Waals surface area (Å²) < 4.78 is 13.4. The van der Waals surface area contributed by atoms with Gasteiger partial charge in [0.05, 0.1) is 12.4 Å². The molecule has 5 heteroatoms. The van der Waals surface area contributed by atoms with Crippen LogP contribution in [0.1, 0.15) is 12.5 Å². The molecule has 0 aliphatic heterocycles. The van der Waals surface area contributed by atoms with E-state index < -0.39 is 0 Å². The van der Waals surface area contributed by atoms with Gasteiger partial charge in [0.15, 0.2) is 0 Å². The first-order valence-corrected chi connectivity index (χ1v) is 6.33. The van der Waals surface area contributed by atoms with Gasteiger partial charge in [0.2, 0.25) is 0 Å². The molecule has 0 radical (unpaired) electrons. The molecule has 0 amide bonds. The van der Waals surface area contributed by atoms with E-state index in [1.54, 1.807) is 24.5 Å². The molecule has 1 heterocycles. The molecule has 1 aromatic heterocycles. The topological polar surface area (TPSA) is 49.8 Å². The minimum absolute atomic E-state index is 0.170. The maximum atomic E-state index is 13.4. The summed E-state index contributed by atoms with van der Waals surface area (Å²) in [5.74, 6) is 1.25. The van der Waals surface area contributed by atoms with E-state index in [2.05, 4.69) is 20.6 Å². The lowest BCUT2D eigenvalue weighted by molar-refractivity contribution is 0.610. The van der Waals surface area contributed by atoms with Gasteiger partial charge in [-0.1, -0.05) is 18.2 Å². The standard InChI is InChI=1S/C14H17FN4/c1-2-17-13-9-16-10-14(19-13)18-8-7-11-5-3-4-6-12(11)15/h3-6,9-10H,2,7-8H2,1H3,(H2,17,18,19). The minimum Gasteiger partial charge on any atom is -0.369 e. The lowest BCUT2D eigenvalue weighted by atomic mass is 10.1. The summed E-state index contributed by atoms with van der Waals surface area (Å²) in [6.45, 7) is 3.42. The van der Waals surface area contributed by atoms with Gasteiger partial charge in [-0.15, -0.1) is 0 Å². The number of aromatic nitrogens is 2. The van der Waals surface area contributed by atoms with E-state index in [0.717, 1.165) is 12.4 Å². The molecule has 0 aliphatic rings. The Bertz CT molecular complexity index is 530. The third-order valence-electron chi connectivity index (χ3n) is 2.65. The third-order valence-corrected chi connectivity index (χ3v) is 2.65. The molecule has 1 aromatic carbocycles. The highest BCUT2D eigenvalue weighted by Crippen LogP contribution is 2.09. The average molecular weight is 260 g/mol. The van der Waals surface area contributed by atoms with Crippen molar-refractivity contribution >= 4 is 11.6 Å². The summed E-state index contributed by atoms with van der Waals surface area (Å²) in [5, 5.41) is 6.23. The molecule has 0 saturated carbocycles. The van der Waals surface area contributed by atoms with Gasteiger partial charge in [-0.2, -0.15) is 0 Å².